The Bertz CT molecular complexity index is 261. The SMILES string of the molecule is CCCCCCCCCCCCOC(CO)CCC(O)COCCCC. The van der Waals surface area contributed by atoms with Crippen molar-refractivity contribution in [3.8, 4) is 0 Å². The molecule has 0 fully saturated rings. The Labute approximate surface area is 162 Å². The van der Waals surface area contributed by atoms with Crippen molar-refractivity contribution >= 4 is 0 Å². The topological polar surface area (TPSA) is 58.9 Å². The van der Waals surface area contributed by atoms with Crippen LogP contribution in [0.4, 0.5) is 0 Å². The first kappa shape index (κ1) is 25.8. The zero-order valence-electron chi connectivity index (χ0n) is 17.6. The van der Waals surface area contributed by atoms with Gasteiger partial charge in [0.05, 0.1) is 25.4 Å². The van der Waals surface area contributed by atoms with Crippen LogP contribution in [0.15, 0.2) is 0 Å². The highest BCUT2D eigenvalue weighted by Gasteiger charge is 2.11. The second-order valence-electron chi connectivity index (χ2n) is 7.52. The molecule has 0 aliphatic heterocycles. The molecule has 2 atom stereocenters. The van der Waals surface area contributed by atoms with Gasteiger partial charge in [-0.2, -0.15) is 0 Å². The molecule has 0 saturated carbocycles. The van der Waals surface area contributed by atoms with Gasteiger partial charge in [-0.25, -0.2) is 0 Å². The maximum atomic E-state index is 9.89. The van der Waals surface area contributed by atoms with Crippen molar-refractivity contribution in [2.45, 2.75) is 116 Å². The molecule has 2 N–H and O–H groups in total. The molecular weight excluding hydrogens is 328 g/mol. The van der Waals surface area contributed by atoms with E-state index in [9.17, 15) is 10.2 Å². The molecule has 0 spiro atoms. The molecule has 4 nitrogen and oxygen atoms in total. The summed E-state index contributed by atoms with van der Waals surface area (Å²) in [6.45, 7) is 6.22. The third-order valence-corrected chi connectivity index (χ3v) is 4.83. The Morgan fingerprint density at radius 1 is 0.692 bits per heavy atom. The Morgan fingerprint density at radius 2 is 1.27 bits per heavy atom. The molecule has 4 heteroatoms. The fourth-order valence-electron chi connectivity index (χ4n) is 2.99. The molecule has 0 aromatic rings. The van der Waals surface area contributed by atoms with E-state index >= 15 is 0 Å². The number of aliphatic hydroxyl groups excluding tert-OH is 2. The first-order valence-electron chi connectivity index (χ1n) is 11.2. The second kappa shape index (κ2) is 21.1. The zero-order chi connectivity index (χ0) is 19.3. The number of ether oxygens (including phenoxy) is 2. The summed E-state index contributed by atoms with van der Waals surface area (Å²) in [6, 6.07) is 0. The highest BCUT2D eigenvalue weighted by molar-refractivity contribution is 4.62. The molecule has 0 rings (SSSR count). The number of rotatable bonds is 21. The summed E-state index contributed by atoms with van der Waals surface area (Å²) in [5.74, 6) is 0. The van der Waals surface area contributed by atoms with Crippen molar-refractivity contribution in [3.05, 3.63) is 0 Å². The third-order valence-electron chi connectivity index (χ3n) is 4.83. The molecule has 26 heavy (non-hydrogen) atoms. The minimum absolute atomic E-state index is 0.0289. The smallest absolute Gasteiger partial charge is 0.0806 e. The largest absolute Gasteiger partial charge is 0.394 e. The zero-order valence-corrected chi connectivity index (χ0v) is 17.6. The minimum Gasteiger partial charge on any atom is -0.394 e. The van der Waals surface area contributed by atoms with E-state index in [1.807, 2.05) is 0 Å². The number of hydrogen-bond acceptors (Lipinski definition) is 4. The molecule has 0 aliphatic carbocycles. The van der Waals surface area contributed by atoms with Crippen molar-refractivity contribution in [2.75, 3.05) is 26.4 Å². The second-order valence-corrected chi connectivity index (χ2v) is 7.52. The lowest BCUT2D eigenvalue weighted by molar-refractivity contribution is -0.0139. The lowest BCUT2D eigenvalue weighted by atomic mass is 10.1. The van der Waals surface area contributed by atoms with Gasteiger partial charge in [0.25, 0.3) is 0 Å². The maximum Gasteiger partial charge on any atom is 0.0806 e. The van der Waals surface area contributed by atoms with Crippen LogP contribution in [0.25, 0.3) is 0 Å². The van der Waals surface area contributed by atoms with Gasteiger partial charge in [0.1, 0.15) is 0 Å². The summed E-state index contributed by atoms with van der Waals surface area (Å²) in [4.78, 5) is 0. The minimum atomic E-state index is -0.457. The number of aliphatic hydroxyl groups is 2. The van der Waals surface area contributed by atoms with Crippen LogP contribution < -0.4 is 0 Å². The van der Waals surface area contributed by atoms with Crippen LogP contribution in [0, 0.1) is 0 Å². The van der Waals surface area contributed by atoms with Crippen molar-refractivity contribution in [2.24, 2.45) is 0 Å². The highest BCUT2D eigenvalue weighted by atomic mass is 16.5. The Hall–Kier alpha value is -0.160. The predicted molar refractivity (Wildman–Crippen MR) is 110 cm³/mol. The van der Waals surface area contributed by atoms with E-state index in [0.717, 1.165) is 19.3 Å². The maximum absolute atomic E-state index is 9.89. The van der Waals surface area contributed by atoms with Gasteiger partial charge in [-0.3, -0.25) is 0 Å². The summed E-state index contributed by atoms with van der Waals surface area (Å²) in [7, 11) is 0. The van der Waals surface area contributed by atoms with E-state index in [4.69, 9.17) is 9.47 Å². The van der Waals surface area contributed by atoms with Crippen LogP contribution in [0.5, 0.6) is 0 Å². The van der Waals surface area contributed by atoms with Gasteiger partial charge in [-0.1, -0.05) is 78.1 Å². The molecule has 0 amide bonds. The highest BCUT2D eigenvalue weighted by Crippen LogP contribution is 2.11. The van der Waals surface area contributed by atoms with Crippen LogP contribution in [0.2, 0.25) is 0 Å². The van der Waals surface area contributed by atoms with Gasteiger partial charge in [0.2, 0.25) is 0 Å². The van der Waals surface area contributed by atoms with E-state index in [1.165, 1.54) is 57.8 Å². The molecule has 2 unspecified atom stereocenters. The summed E-state index contributed by atoms with van der Waals surface area (Å²) in [5.41, 5.74) is 0. The van der Waals surface area contributed by atoms with Gasteiger partial charge in [0.15, 0.2) is 0 Å². The van der Waals surface area contributed by atoms with Crippen molar-refractivity contribution in [3.63, 3.8) is 0 Å². The van der Waals surface area contributed by atoms with Crippen LogP contribution in [-0.2, 0) is 9.47 Å². The molecule has 0 bridgehead atoms. The van der Waals surface area contributed by atoms with Crippen LogP contribution >= 0.6 is 0 Å². The average Bonchev–Trinajstić information content (AvgIpc) is 2.65. The Morgan fingerprint density at radius 3 is 1.85 bits per heavy atom. The molecular formula is C22H46O4. The average molecular weight is 375 g/mol. The van der Waals surface area contributed by atoms with Gasteiger partial charge >= 0.3 is 0 Å². The first-order chi connectivity index (χ1) is 12.7. The van der Waals surface area contributed by atoms with Gasteiger partial charge < -0.3 is 19.7 Å². The fraction of sp³-hybridized carbons (Fsp3) is 1.00. The molecule has 0 aromatic carbocycles. The normalized spacial score (nSPS) is 13.8. The number of hydrogen-bond donors (Lipinski definition) is 2. The Balaban J connectivity index is 3.41. The van der Waals surface area contributed by atoms with Crippen molar-refractivity contribution < 1.29 is 19.7 Å². The van der Waals surface area contributed by atoms with E-state index in [-0.39, 0.29) is 12.7 Å². The number of unbranched alkanes of at least 4 members (excludes halogenated alkanes) is 10. The van der Waals surface area contributed by atoms with E-state index in [2.05, 4.69) is 13.8 Å². The molecule has 0 saturated heterocycles. The van der Waals surface area contributed by atoms with Crippen LogP contribution in [-0.4, -0.2) is 48.8 Å². The van der Waals surface area contributed by atoms with Gasteiger partial charge in [-0.05, 0) is 25.7 Å². The summed E-state index contributed by atoms with van der Waals surface area (Å²) >= 11 is 0. The van der Waals surface area contributed by atoms with Crippen molar-refractivity contribution in [1.82, 2.24) is 0 Å². The summed E-state index contributed by atoms with van der Waals surface area (Å²) in [5, 5.41) is 19.3. The first-order valence-corrected chi connectivity index (χ1v) is 11.2. The van der Waals surface area contributed by atoms with Crippen LogP contribution in [0.1, 0.15) is 104 Å². The summed E-state index contributed by atoms with van der Waals surface area (Å²) < 4.78 is 11.2. The molecule has 158 valence electrons. The van der Waals surface area contributed by atoms with Gasteiger partial charge in [0, 0.05) is 13.2 Å². The Kier molecular flexibility index (Phi) is 21.0. The van der Waals surface area contributed by atoms with Crippen molar-refractivity contribution in [1.29, 1.82) is 0 Å². The molecule has 0 heterocycles. The van der Waals surface area contributed by atoms with Crippen LogP contribution in [0.3, 0.4) is 0 Å². The van der Waals surface area contributed by atoms with E-state index in [1.54, 1.807) is 0 Å². The molecule has 0 radical (unpaired) electrons. The lowest BCUT2D eigenvalue weighted by Gasteiger charge is -2.17. The summed E-state index contributed by atoms with van der Waals surface area (Å²) in [6.07, 6.45) is 16.0. The fourth-order valence-corrected chi connectivity index (χ4v) is 2.99. The quantitative estimate of drug-likeness (QED) is 0.270. The predicted octanol–water partition coefficient (Wildman–Crippen LogP) is 5.24. The standard InChI is InChI=1S/C22H46O4/c1-3-5-7-8-9-10-11-12-13-14-18-26-22(19-23)16-15-21(24)20-25-17-6-4-2/h21-24H,3-20H2,1-2H3. The van der Waals surface area contributed by atoms with E-state index < -0.39 is 6.10 Å². The molecule has 0 aliphatic rings. The molecule has 0 aromatic heterocycles. The van der Waals surface area contributed by atoms with Gasteiger partial charge in [-0.15, -0.1) is 0 Å². The monoisotopic (exact) mass is 374 g/mol. The lowest BCUT2D eigenvalue weighted by Crippen LogP contribution is -2.23. The van der Waals surface area contributed by atoms with E-state index in [0.29, 0.717) is 32.7 Å². The third kappa shape index (κ3) is 18.6.